The van der Waals surface area contributed by atoms with Crippen molar-refractivity contribution in [1.82, 2.24) is 0 Å². The van der Waals surface area contributed by atoms with E-state index in [1.165, 1.54) is 11.3 Å². The van der Waals surface area contributed by atoms with Gasteiger partial charge in [-0.2, -0.15) is 0 Å². The van der Waals surface area contributed by atoms with E-state index in [1.54, 1.807) is 11.4 Å². The molecular formula is C6H5Cl3O2S. The van der Waals surface area contributed by atoms with Crippen molar-refractivity contribution in [2.45, 2.75) is 5.38 Å². The molecular weight excluding hydrogens is 242 g/mol. The van der Waals surface area contributed by atoms with E-state index in [1.807, 2.05) is 0 Å². The smallest absolute Gasteiger partial charge is 0.326 e. The first-order chi connectivity index (χ1) is 5.11. The number of halogens is 3. The van der Waals surface area contributed by atoms with Crippen molar-refractivity contribution < 1.29 is 9.90 Å². The minimum Gasteiger partial charge on any atom is -0.480 e. The fourth-order valence-corrected chi connectivity index (χ4v) is 1.72. The zero-order valence-electron chi connectivity index (χ0n) is 5.66. The standard InChI is InChI=1S/C6H4Cl2O2S.ClH/c7-4-1-3(2-11-4)5(8)6(9)10;/h1-2,5H,(H,9,10);1H. The van der Waals surface area contributed by atoms with Crippen molar-refractivity contribution in [1.29, 1.82) is 0 Å². The number of alkyl halides is 1. The molecule has 0 aromatic carbocycles. The van der Waals surface area contributed by atoms with Gasteiger partial charge in [0, 0.05) is 0 Å². The number of hydrogen-bond donors (Lipinski definition) is 1. The van der Waals surface area contributed by atoms with Crippen LogP contribution in [-0.4, -0.2) is 11.1 Å². The van der Waals surface area contributed by atoms with Crippen LogP contribution in [0.25, 0.3) is 0 Å². The first kappa shape index (κ1) is 12.0. The van der Waals surface area contributed by atoms with Gasteiger partial charge in [-0.15, -0.1) is 35.3 Å². The van der Waals surface area contributed by atoms with E-state index in [2.05, 4.69) is 0 Å². The van der Waals surface area contributed by atoms with Crippen LogP contribution in [0.3, 0.4) is 0 Å². The molecule has 6 heteroatoms. The Morgan fingerprint density at radius 3 is 2.58 bits per heavy atom. The number of carboxylic acid groups (broad SMARTS) is 1. The Kier molecular flexibility index (Phi) is 4.94. The molecule has 1 atom stereocenters. The Morgan fingerprint density at radius 2 is 2.25 bits per heavy atom. The van der Waals surface area contributed by atoms with Gasteiger partial charge in [0.05, 0.1) is 4.34 Å². The zero-order chi connectivity index (χ0) is 8.43. The molecule has 0 aliphatic carbocycles. The topological polar surface area (TPSA) is 37.3 Å². The maximum Gasteiger partial charge on any atom is 0.326 e. The fourth-order valence-electron chi connectivity index (χ4n) is 0.599. The largest absolute Gasteiger partial charge is 0.480 e. The van der Waals surface area contributed by atoms with Crippen molar-refractivity contribution in [2.75, 3.05) is 0 Å². The lowest BCUT2D eigenvalue weighted by atomic mass is 10.2. The predicted octanol–water partition coefficient (Wildman–Crippen LogP) is 3.19. The number of thiophene rings is 1. The van der Waals surface area contributed by atoms with Crippen molar-refractivity contribution in [3.63, 3.8) is 0 Å². The van der Waals surface area contributed by atoms with E-state index < -0.39 is 11.3 Å². The first-order valence-electron chi connectivity index (χ1n) is 2.72. The molecule has 0 saturated carbocycles. The van der Waals surface area contributed by atoms with E-state index >= 15 is 0 Å². The molecule has 0 aliphatic rings. The molecule has 0 bridgehead atoms. The summed E-state index contributed by atoms with van der Waals surface area (Å²) < 4.78 is 0.548. The normalized spacial score (nSPS) is 11.8. The molecule has 1 unspecified atom stereocenters. The summed E-state index contributed by atoms with van der Waals surface area (Å²) in [6.45, 7) is 0. The monoisotopic (exact) mass is 246 g/mol. The molecule has 1 heterocycles. The summed E-state index contributed by atoms with van der Waals surface area (Å²) in [4.78, 5) is 10.3. The first-order valence-corrected chi connectivity index (χ1v) is 4.41. The number of rotatable bonds is 2. The third-order valence-electron chi connectivity index (χ3n) is 1.10. The third kappa shape index (κ3) is 2.83. The van der Waals surface area contributed by atoms with Crippen LogP contribution in [0.2, 0.25) is 4.34 Å². The predicted molar refractivity (Wildman–Crippen MR) is 52.8 cm³/mol. The van der Waals surface area contributed by atoms with Crippen LogP contribution in [0.5, 0.6) is 0 Å². The second kappa shape index (κ2) is 4.92. The van der Waals surface area contributed by atoms with Gasteiger partial charge >= 0.3 is 5.97 Å². The second-order valence-corrected chi connectivity index (χ2v) is 3.86. The van der Waals surface area contributed by atoms with Crippen molar-refractivity contribution >= 4 is 52.9 Å². The highest BCUT2D eigenvalue weighted by Gasteiger charge is 2.17. The van der Waals surface area contributed by atoms with Crippen molar-refractivity contribution in [3.8, 4) is 0 Å². The minimum atomic E-state index is -1.05. The Hall–Kier alpha value is 0.0400. The SMILES string of the molecule is Cl.O=C(O)C(Cl)c1csc(Cl)c1. The lowest BCUT2D eigenvalue weighted by Gasteiger charge is -1.97. The maximum atomic E-state index is 10.3. The molecule has 0 radical (unpaired) electrons. The highest BCUT2D eigenvalue weighted by molar-refractivity contribution is 7.14. The van der Waals surface area contributed by atoms with Gasteiger partial charge in [-0.05, 0) is 17.0 Å². The average Bonchev–Trinajstić information content (AvgIpc) is 2.34. The second-order valence-electron chi connectivity index (χ2n) is 1.88. The number of aliphatic carboxylic acids is 1. The van der Waals surface area contributed by atoms with E-state index in [4.69, 9.17) is 28.3 Å². The van der Waals surface area contributed by atoms with Crippen LogP contribution in [-0.2, 0) is 4.79 Å². The van der Waals surface area contributed by atoms with Gasteiger partial charge in [0.2, 0.25) is 0 Å². The Bertz CT molecular complexity index is 274. The molecule has 0 amide bonds. The van der Waals surface area contributed by atoms with Crippen LogP contribution in [0.15, 0.2) is 11.4 Å². The molecule has 68 valence electrons. The molecule has 0 spiro atoms. The summed E-state index contributed by atoms with van der Waals surface area (Å²) in [7, 11) is 0. The van der Waals surface area contributed by atoms with Crippen molar-refractivity contribution in [2.24, 2.45) is 0 Å². The Labute approximate surface area is 89.5 Å². The van der Waals surface area contributed by atoms with E-state index in [9.17, 15) is 4.79 Å². The van der Waals surface area contributed by atoms with E-state index in [0.717, 1.165) is 0 Å². The summed E-state index contributed by atoms with van der Waals surface area (Å²) in [5.41, 5.74) is 0.536. The molecule has 1 aromatic rings. The van der Waals surface area contributed by atoms with Gasteiger partial charge in [0.25, 0.3) is 0 Å². The van der Waals surface area contributed by atoms with Gasteiger partial charge in [-0.1, -0.05) is 11.6 Å². The van der Waals surface area contributed by atoms with E-state index in [0.29, 0.717) is 9.90 Å². The van der Waals surface area contributed by atoms with Gasteiger partial charge in [-0.25, -0.2) is 0 Å². The summed E-state index contributed by atoms with van der Waals surface area (Å²) >= 11 is 12.3. The van der Waals surface area contributed by atoms with Crippen molar-refractivity contribution in [3.05, 3.63) is 21.3 Å². The summed E-state index contributed by atoms with van der Waals surface area (Å²) in [5.74, 6) is -1.05. The molecule has 2 nitrogen and oxygen atoms in total. The Balaban J connectivity index is 0.00000121. The van der Waals surface area contributed by atoms with Crippen LogP contribution in [0, 0.1) is 0 Å². The van der Waals surface area contributed by atoms with Gasteiger partial charge in [0.15, 0.2) is 5.38 Å². The van der Waals surface area contributed by atoms with Gasteiger partial charge < -0.3 is 5.11 Å². The average molecular weight is 248 g/mol. The number of hydrogen-bond acceptors (Lipinski definition) is 2. The molecule has 0 fully saturated rings. The number of carbonyl (C=O) groups is 1. The molecule has 1 aromatic heterocycles. The maximum absolute atomic E-state index is 10.3. The molecule has 12 heavy (non-hydrogen) atoms. The molecule has 1 rings (SSSR count). The van der Waals surface area contributed by atoms with Crippen LogP contribution >= 0.6 is 46.9 Å². The van der Waals surface area contributed by atoms with Crippen LogP contribution in [0.4, 0.5) is 0 Å². The summed E-state index contributed by atoms with van der Waals surface area (Å²) in [5, 5.41) is 9.12. The highest BCUT2D eigenvalue weighted by atomic mass is 35.5. The fraction of sp³-hybridized carbons (Fsp3) is 0.167. The minimum absolute atomic E-state index is 0. The lowest BCUT2D eigenvalue weighted by Crippen LogP contribution is -2.03. The van der Waals surface area contributed by atoms with Crippen LogP contribution in [0.1, 0.15) is 10.9 Å². The van der Waals surface area contributed by atoms with Gasteiger partial charge in [0.1, 0.15) is 0 Å². The molecule has 1 N–H and O–H groups in total. The highest BCUT2D eigenvalue weighted by Crippen LogP contribution is 2.28. The lowest BCUT2D eigenvalue weighted by molar-refractivity contribution is -0.136. The third-order valence-corrected chi connectivity index (χ3v) is 2.65. The molecule has 0 saturated heterocycles. The zero-order valence-corrected chi connectivity index (χ0v) is 8.80. The molecule has 0 aliphatic heterocycles. The van der Waals surface area contributed by atoms with E-state index in [-0.39, 0.29) is 12.4 Å². The summed E-state index contributed by atoms with van der Waals surface area (Å²) in [6.07, 6.45) is 0. The Morgan fingerprint density at radius 1 is 1.67 bits per heavy atom. The van der Waals surface area contributed by atoms with Gasteiger partial charge in [-0.3, -0.25) is 4.79 Å². The summed E-state index contributed by atoms with van der Waals surface area (Å²) in [6, 6.07) is 1.55. The number of carboxylic acids is 1. The quantitative estimate of drug-likeness (QED) is 0.815. The van der Waals surface area contributed by atoms with Crippen LogP contribution < -0.4 is 0 Å².